The lowest BCUT2D eigenvalue weighted by Crippen LogP contribution is -1.80. The number of halogens is 1. The zero-order valence-electron chi connectivity index (χ0n) is 7.03. The maximum atomic E-state index is 9.50. The van der Waals surface area contributed by atoms with Crippen molar-refractivity contribution in [3.05, 3.63) is 24.3 Å². The molecule has 1 aromatic rings. The van der Waals surface area contributed by atoms with Crippen molar-refractivity contribution in [2.75, 3.05) is 12.9 Å². The number of nitrogens with two attached hydrogens (primary N) is 1. The van der Waals surface area contributed by atoms with Crippen LogP contribution in [0.3, 0.4) is 0 Å². The molecule has 0 heterocycles. The van der Waals surface area contributed by atoms with Gasteiger partial charge in [0.25, 0.3) is 0 Å². The summed E-state index contributed by atoms with van der Waals surface area (Å²) >= 11 is 0. The molecule has 3 N–H and O–H groups in total. The van der Waals surface area contributed by atoms with E-state index >= 15 is 0 Å². The number of phenols is 1. The number of nitrogen functional groups attached to an aromatic ring is 1. The predicted octanol–water partition coefficient (Wildman–Crippen LogP) is 0.977. The minimum absolute atomic E-state index is 0.213. The second-order valence-corrected chi connectivity index (χ2v) is 1.68. The molecule has 0 unspecified atom stereocenters. The predicted molar refractivity (Wildman–Crippen MR) is 44.6 cm³/mol. The summed E-state index contributed by atoms with van der Waals surface area (Å²) in [6, 6.07) is 6.50. The van der Waals surface area contributed by atoms with Gasteiger partial charge in [-0.1, -0.05) is 6.07 Å². The second kappa shape index (κ2) is 10.1. The Kier molecular flexibility index (Phi) is 10.7. The van der Waals surface area contributed by atoms with Gasteiger partial charge in [0.2, 0.25) is 0 Å². The molecule has 0 radical (unpaired) electrons. The quantitative estimate of drug-likeness (QED) is 0.593. The summed E-state index contributed by atoms with van der Waals surface area (Å²) in [6.07, 6.45) is 0.250. The maximum absolute atomic E-state index is 9.50. The Morgan fingerprint density at radius 1 is 1.38 bits per heavy atom. The van der Waals surface area contributed by atoms with Gasteiger partial charge in [-0.15, -0.1) is 0 Å². The number of phenolic OH excluding ortho intramolecular Hbond substituents is 1. The summed E-state index contributed by atoms with van der Waals surface area (Å²) in [5.41, 5.74) is 5.89. The molecule has 0 aromatic heterocycles. The third-order valence-corrected chi connectivity index (χ3v) is 0.870. The first-order valence-electron chi connectivity index (χ1n) is 3.12. The smallest absolute Gasteiger partial charge is 0.373 e. The van der Waals surface area contributed by atoms with Gasteiger partial charge in [-0.3, -0.25) is 4.39 Å². The third-order valence-electron chi connectivity index (χ3n) is 0.870. The van der Waals surface area contributed by atoms with E-state index in [-0.39, 0.29) is 11.9 Å². The van der Waals surface area contributed by atoms with E-state index in [9.17, 15) is 4.39 Å². The highest BCUT2D eigenvalue weighted by Crippen LogP contribution is 2.10. The van der Waals surface area contributed by atoms with Crippen LogP contribution in [0.2, 0.25) is 0 Å². The number of benzene rings is 1. The van der Waals surface area contributed by atoms with Crippen molar-refractivity contribution in [1.82, 2.24) is 0 Å². The van der Waals surface area contributed by atoms with Crippen LogP contribution in [0.4, 0.5) is 10.1 Å². The molecule has 0 bridgehead atoms. The molecular formula is C8H10FNO3. The lowest BCUT2D eigenvalue weighted by molar-refractivity contribution is -0.191. The van der Waals surface area contributed by atoms with Gasteiger partial charge in [0.15, 0.2) is 0 Å². The third kappa shape index (κ3) is 10.1. The van der Waals surface area contributed by atoms with Crippen LogP contribution in [0.15, 0.2) is 24.3 Å². The molecular weight excluding hydrogens is 177 g/mol. The summed E-state index contributed by atoms with van der Waals surface area (Å²) in [7, 11) is 0.500. The van der Waals surface area contributed by atoms with Crippen LogP contribution >= 0.6 is 0 Å². The Bertz CT molecular complexity index is 242. The van der Waals surface area contributed by atoms with Crippen LogP contribution in [0.25, 0.3) is 0 Å². The number of hydrogen-bond donors (Lipinski definition) is 2. The van der Waals surface area contributed by atoms with Gasteiger partial charge in [0, 0.05) is 11.8 Å². The minimum Gasteiger partial charge on any atom is -0.508 e. The van der Waals surface area contributed by atoms with E-state index in [4.69, 9.17) is 20.4 Å². The van der Waals surface area contributed by atoms with Crippen LogP contribution in [-0.2, 0) is 9.59 Å². The molecule has 13 heavy (non-hydrogen) atoms. The SMILES string of the molecule is CF.Nc1cccc(O)c1.O=C=O. The number of carbonyl (C=O) groups excluding carboxylic acids is 2. The van der Waals surface area contributed by atoms with Crippen LogP contribution in [0.5, 0.6) is 5.75 Å². The van der Waals surface area contributed by atoms with E-state index in [2.05, 4.69) is 0 Å². The average Bonchev–Trinajstić information content (AvgIpc) is 2.08. The molecule has 0 aliphatic heterocycles. The summed E-state index contributed by atoms with van der Waals surface area (Å²) in [5, 5.41) is 8.73. The zero-order chi connectivity index (χ0) is 10.7. The number of anilines is 1. The van der Waals surface area contributed by atoms with Crippen molar-refractivity contribution in [1.29, 1.82) is 0 Å². The van der Waals surface area contributed by atoms with Gasteiger partial charge in [-0.05, 0) is 12.1 Å². The maximum Gasteiger partial charge on any atom is 0.373 e. The fourth-order valence-electron chi connectivity index (χ4n) is 0.525. The normalized spacial score (nSPS) is 6.62. The van der Waals surface area contributed by atoms with Gasteiger partial charge in [0.05, 0.1) is 7.18 Å². The number of hydrogen-bond acceptors (Lipinski definition) is 4. The first kappa shape index (κ1) is 13.7. The fourth-order valence-corrected chi connectivity index (χ4v) is 0.525. The van der Waals surface area contributed by atoms with Gasteiger partial charge in [0.1, 0.15) is 5.75 Å². The van der Waals surface area contributed by atoms with Gasteiger partial charge in [-0.2, -0.15) is 9.59 Å². The monoisotopic (exact) mass is 187 g/mol. The van der Waals surface area contributed by atoms with E-state index in [0.717, 1.165) is 0 Å². The number of alkyl halides is 1. The molecule has 0 saturated carbocycles. The van der Waals surface area contributed by atoms with Crippen LogP contribution in [-0.4, -0.2) is 18.4 Å². The van der Waals surface area contributed by atoms with Crippen LogP contribution < -0.4 is 5.73 Å². The van der Waals surface area contributed by atoms with Crippen LogP contribution in [0, 0.1) is 0 Å². The molecule has 5 heteroatoms. The zero-order valence-corrected chi connectivity index (χ0v) is 7.03. The molecule has 0 amide bonds. The summed E-state index contributed by atoms with van der Waals surface area (Å²) < 4.78 is 9.50. The average molecular weight is 187 g/mol. The van der Waals surface area contributed by atoms with E-state index in [0.29, 0.717) is 12.9 Å². The molecule has 1 aromatic carbocycles. The Labute approximate surface area is 74.8 Å². The molecule has 0 atom stereocenters. The van der Waals surface area contributed by atoms with Gasteiger partial charge < -0.3 is 10.8 Å². The highest BCUT2D eigenvalue weighted by Gasteiger charge is 1.83. The Hall–Kier alpha value is -1.87. The highest BCUT2D eigenvalue weighted by molar-refractivity contribution is 5.42. The molecule has 1 rings (SSSR count). The first-order valence-corrected chi connectivity index (χ1v) is 3.12. The molecule has 0 aliphatic carbocycles. The van der Waals surface area contributed by atoms with Crippen molar-refractivity contribution in [3.8, 4) is 5.75 Å². The highest BCUT2D eigenvalue weighted by atomic mass is 19.1. The topological polar surface area (TPSA) is 80.4 Å². The molecule has 72 valence electrons. The number of aromatic hydroxyl groups is 1. The van der Waals surface area contributed by atoms with Crippen LogP contribution in [0.1, 0.15) is 0 Å². The summed E-state index contributed by atoms with van der Waals surface area (Å²) in [4.78, 5) is 16.2. The molecule has 0 saturated heterocycles. The Balaban J connectivity index is 0. The molecule has 0 spiro atoms. The second-order valence-electron chi connectivity index (χ2n) is 1.68. The summed E-state index contributed by atoms with van der Waals surface area (Å²) in [6.45, 7) is 0. The lowest BCUT2D eigenvalue weighted by Gasteiger charge is -1.90. The largest absolute Gasteiger partial charge is 0.508 e. The summed E-state index contributed by atoms with van der Waals surface area (Å²) in [5.74, 6) is 0.213. The van der Waals surface area contributed by atoms with Gasteiger partial charge in [-0.25, -0.2) is 0 Å². The molecule has 0 fully saturated rings. The molecule has 4 nitrogen and oxygen atoms in total. The standard InChI is InChI=1S/C6H7NO.CH3F.CO2/c7-5-2-1-3-6(8)4-5;1-2;2-1-3/h1-4,8H,7H2;1H3;. The Morgan fingerprint density at radius 2 is 1.85 bits per heavy atom. The van der Waals surface area contributed by atoms with Crippen molar-refractivity contribution < 1.29 is 19.1 Å². The van der Waals surface area contributed by atoms with E-state index in [1.54, 1.807) is 18.2 Å². The lowest BCUT2D eigenvalue weighted by atomic mass is 10.3. The molecule has 0 aliphatic rings. The fraction of sp³-hybridized carbons (Fsp3) is 0.125. The minimum atomic E-state index is 0.213. The van der Waals surface area contributed by atoms with Crippen molar-refractivity contribution >= 4 is 11.8 Å². The van der Waals surface area contributed by atoms with Gasteiger partial charge >= 0.3 is 6.15 Å². The van der Waals surface area contributed by atoms with Crippen molar-refractivity contribution in [2.45, 2.75) is 0 Å². The van der Waals surface area contributed by atoms with Crippen molar-refractivity contribution in [2.24, 2.45) is 0 Å². The van der Waals surface area contributed by atoms with E-state index < -0.39 is 0 Å². The number of rotatable bonds is 0. The van der Waals surface area contributed by atoms with E-state index in [1.807, 2.05) is 0 Å². The Morgan fingerprint density at radius 3 is 2.08 bits per heavy atom. The first-order chi connectivity index (χ1) is 6.20. The van der Waals surface area contributed by atoms with E-state index in [1.165, 1.54) is 6.07 Å². The van der Waals surface area contributed by atoms with Crippen molar-refractivity contribution in [3.63, 3.8) is 0 Å².